The van der Waals surface area contributed by atoms with Crippen molar-refractivity contribution in [3.05, 3.63) is 34.5 Å². The molecular formula is C19H17NO7. The zero-order valence-electron chi connectivity index (χ0n) is 15.0. The van der Waals surface area contributed by atoms with Gasteiger partial charge >= 0.3 is 0 Å². The van der Waals surface area contributed by atoms with E-state index >= 15 is 0 Å². The standard InChI is InChI=1S/C19H17NO7/c1-22-14-4-9(5-15(23-2)19(14)24-3)18-16(20)17(21)10-6-12-13(26-8-25-12)7-11(10)27-18/h4-7H,8,20H2,1-3H3. The molecule has 0 saturated carbocycles. The van der Waals surface area contributed by atoms with Gasteiger partial charge in [0.2, 0.25) is 18.0 Å². The van der Waals surface area contributed by atoms with E-state index in [0.29, 0.717) is 45.3 Å². The first kappa shape index (κ1) is 16.9. The summed E-state index contributed by atoms with van der Waals surface area (Å²) in [6, 6.07) is 6.50. The van der Waals surface area contributed by atoms with Gasteiger partial charge in [-0.05, 0) is 18.2 Å². The Balaban J connectivity index is 1.98. The number of anilines is 1. The topological polar surface area (TPSA) is 102 Å². The number of hydrogen-bond acceptors (Lipinski definition) is 8. The van der Waals surface area contributed by atoms with E-state index in [0.717, 1.165) is 0 Å². The Morgan fingerprint density at radius 1 is 0.926 bits per heavy atom. The van der Waals surface area contributed by atoms with Crippen molar-refractivity contribution in [2.45, 2.75) is 0 Å². The summed E-state index contributed by atoms with van der Waals surface area (Å²) in [5.41, 5.74) is 6.54. The van der Waals surface area contributed by atoms with Crippen molar-refractivity contribution in [2.24, 2.45) is 0 Å². The van der Waals surface area contributed by atoms with E-state index in [1.807, 2.05) is 0 Å². The molecule has 0 fully saturated rings. The first-order valence-electron chi connectivity index (χ1n) is 8.03. The van der Waals surface area contributed by atoms with Crippen LogP contribution in [0.5, 0.6) is 28.7 Å². The SMILES string of the molecule is COc1cc(-c2oc3cc4c(cc3c(=O)c2N)OCO4)cc(OC)c1OC. The van der Waals surface area contributed by atoms with Crippen molar-refractivity contribution in [3.8, 4) is 40.1 Å². The van der Waals surface area contributed by atoms with Gasteiger partial charge in [0, 0.05) is 11.6 Å². The number of nitrogens with two attached hydrogens (primary N) is 1. The average Bonchev–Trinajstić information content (AvgIpc) is 3.15. The molecule has 0 bridgehead atoms. The molecule has 8 heteroatoms. The summed E-state index contributed by atoms with van der Waals surface area (Å²) in [7, 11) is 4.51. The molecule has 0 unspecified atom stereocenters. The van der Waals surface area contributed by atoms with Crippen LogP contribution in [0, 0.1) is 0 Å². The highest BCUT2D eigenvalue weighted by atomic mass is 16.7. The quantitative estimate of drug-likeness (QED) is 0.747. The molecule has 1 aliphatic rings. The molecular weight excluding hydrogens is 354 g/mol. The third kappa shape index (κ3) is 2.57. The molecule has 140 valence electrons. The molecule has 27 heavy (non-hydrogen) atoms. The van der Waals surface area contributed by atoms with Crippen molar-refractivity contribution in [3.63, 3.8) is 0 Å². The van der Waals surface area contributed by atoms with E-state index in [9.17, 15) is 4.79 Å². The first-order valence-corrected chi connectivity index (χ1v) is 8.03. The van der Waals surface area contributed by atoms with Gasteiger partial charge in [0.1, 0.15) is 11.3 Å². The Morgan fingerprint density at radius 3 is 2.15 bits per heavy atom. The van der Waals surface area contributed by atoms with Gasteiger partial charge in [-0.15, -0.1) is 0 Å². The molecule has 0 atom stereocenters. The van der Waals surface area contributed by atoms with Crippen LogP contribution < -0.4 is 34.8 Å². The van der Waals surface area contributed by atoms with Gasteiger partial charge in [0.05, 0.1) is 26.7 Å². The summed E-state index contributed by atoms with van der Waals surface area (Å²) in [5, 5.41) is 0.313. The number of hydrogen-bond donors (Lipinski definition) is 1. The third-order valence-corrected chi connectivity index (χ3v) is 4.35. The van der Waals surface area contributed by atoms with Crippen LogP contribution in [0.4, 0.5) is 5.69 Å². The highest BCUT2D eigenvalue weighted by molar-refractivity contribution is 5.88. The zero-order chi connectivity index (χ0) is 19.1. The molecule has 0 aliphatic carbocycles. The molecule has 0 spiro atoms. The number of rotatable bonds is 4. The molecule has 2 N–H and O–H groups in total. The summed E-state index contributed by atoms with van der Waals surface area (Å²) in [4.78, 5) is 12.8. The third-order valence-electron chi connectivity index (χ3n) is 4.35. The van der Waals surface area contributed by atoms with Crippen LogP contribution in [-0.2, 0) is 0 Å². The van der Waals surface area contributed by atoms with Crippen LogP contribution in [0.25, 0.3) is 22.3 Å². The molecule has 1 aliphatic heterocycles. The van der Waals surface area contributed by atoms with E-state index in [1.54, 1.807) is 24.3 Å². The van der Waals surface area contributed by atoms with Gasteiger partial charge in [-0.1, -0.05) is 0 Å². The van der Waals surface area contributed by atoms with Gasteiger partial charge in [-0.2, -0.15) is 0 Å². The summed E-state index contributed by atoms with van der Waals surface area (Å²) in [6.07, 6.45) is 0. The van der Waals surface area contributed by atoms with Gasteiger partial charge in [-0.25, -0.2) is 0 Å². The molecule has 0 amide bonds. The van der Waals surface area contributed by atoms with Crippen LogP contribution in [0.3, 0.4) is 0 Å². The molecule has 0 saturated heterocycles. The van der Waals surface area contributed by atoms with E-state index in [4.69, 9.17) is 33.8 Å². The number of nitrogen functional groups attached to an aromatic ring is 1. The van der Waals surface area contributed by atoms with Crippen molar-refractivity contribution in [1.82, 2.24) is 0 Å². The lowest BCUT2D eigenvalue weighted by Crippen LogP contribution is -2.10. The summed E-state index contributed by atoms with van der Waals surface area (Å²) < 4.78 is 32.6. The predicted octanol–water partition coefficient (Wildman–Crippen LogP) is 2.80. The summed E-state index contributed by atoms with van der Waals surface area (Å²) in [6.45, 7) is 0.0923. The van der Waals surface area contributed by atoms with Crippen LogP contribution in [0.2, 0.25) is 0 Å². The maximum atomic E-state index is 12.8. The highest BCUT2D eigenvalue weighted by Crippen LogP contribution is 2.43. The predicted molar refractivity (Wildman–Crippen MR) is 98.1 cm³/mol. The molecule has 4 rings (SSSR count). The normalized spacial score (nSPS) is 12.3. The van der Waals surface area contributed by atoms with E-state index < -0.39 is 0 Å². The smallest absolute Gasteiger partial charge is 0.231 e. The Morgan fingerprint density at radius 2 is 1.56 bits per heavy atom. The minimum absolute atomic E-state index is 0.0318. The number of fused-ring (bicyclic) bond motifs is 2. The van der Waals surface area contributed by atoms with Crippen molar-refractivity contribution in [2.75, 3.05) is 33.9 Å². The lowest BCUT2D eigenvalue weighted by Gasteiger charge is -2.14. The fraction of sp³-hybridized carbons (Fsp3) is 0.211. The molecule has 0 radical (unpaired) electrons. The maximum Gasteiger partial charge on any atom is 0.231 e. The second kappa shape index (κ2) is 6.31. The Hall–Kier alpha value is -3.55. The van der Waals surface area contributed by atoms with E-state index in [-0.39, 0.29) is 23.7 Å². The van der Waals surface area contributed by atoms with Crippen LogP contribution >= 0.6 is 0 Å². The van der Waals surface area contributed by atoms with E-state index in [2.05, 4.69) is 0 Å². The minimum atomic E-state index is -0.363. The molecule has 3 aromatic rings. The fourth-order valence-corrected chi connectivity index (χ4v) is 3.02. The van der Waals surface area contributed by atoms with Gasteiger partial charge in [0.25, 0.3) is 0 Å². The maximum absolute atomic E-state index is 12.8. The van der Waals surface area contributed by atoms with Gasteiger partial charge < -0.3 is 33.8 Å². The van der Waals surface area contributed by atoms with Gasteiger partial charge in [0.15, 0.2) is 28.8 Å². The van der Waals surface area contributed by atoms with Gasteiger partial charge in [-0.3, -0.25) is 4.79 Å². The van der Waals surface area contributed by atoms with Crippen molar-refractivity contribution < 1.29 is 28.1 Å². The van der Waals surface area contributed by atoms with E-state index in [1.165, 1.54) is 21.3 Å². The van der Waals surface area contributed by atoms with Crippen molar-refractivity contribution in [1.29, 1.82) is 0 Å². The van der Waals surface area contributed by atoms with Crippen molar-refractivity contribution >= 4 is 16.7 Å². The Labute approximate surface area is 153 Å². The molecule has 2 aromatic carbocycles. The summed E-state index contributed by atoms with van der Waals surface area (Å²) >= 11 is 0. The van der Waals surface area contributed by atoms with Crippen LogP contribution in [0.15, 0.2) is 33.5 Å². The lowest BCUT2D eigenvalue weighted by molar-refractivity contribution is 0.174. The molecule has 1 aromatic heterocycles. The Kier molecular flexibility index (Phi) is 3.95. The monoisotopic (exact) mass is 371 g/mol. The average molecular weight is 371 g/mol. The fourth-order valence-electron chi connectivity index (χ4n) is 3.02. The number of benzene rings is 2. The first-order chi connectivity index (χ1) is 13.1. The summed E-state index contributed by atoms with van der Waals surface area (Å²) in [5.74, 6) is 2.44. The second-order valence-corrected chi connectivity index (χ2v) is 5.79. The zero-order valence-corrected chi connectivity index (χ0v) is 15.0. The highest BCUT2D eigenvalue weighted by Gasteiger charge is 2.22. The van der Waals surface area contributed by atoms with Crippen LogP contribution in [-0.4, -0.2) is 28.1 Å². The lowest BCUT2D eigenvalue weighted by atomic mass is 10.1. The number of methoxy groups -OCH3 is 3. The Bertz CT molecular complexity index is 1080. The minimum Gasteiger partial charge on any atom is -0.493 e. The van der Waals surface area contributed by atoms with Crippen LogP contribution in [0.1, 0.15) is 0 Å². The largest absolute Gasteiger partial charge is 0.493 e. The second-order valence-electron chi connectivity index (χ2n) is 5.79. The number of ether oxygens (including phenoxy) is 5. The molecule has 2 heterocycles. The molecule has 8 nitrogen and oxygen atoms in total.